The van der Waals surface area contributed by atoms with Gasteiger partial charge >= 0.3 is 0 Å². The van der Waals surface area contributed by atoms with Gasteiger partial charge in [-0.05, 0) is 37.9 Å². The Balaban J connectivity index is 1.93. The minimum Gasteiger partial charge on any atom is -0.379 e. The number of nitrogens with zero attached hydrogens (tertiary/aromatic N) is 1. The van der Waals surface area contributed by atoms with Crippen LogP contribution in [0.2, 0.25) is 0 Å². The molecule has 2 rings (SSSR count). The summed E-state index contributed by atoms with van der Waals surface area (Å²) in [7, 11) is 0. The normalized spacial score (nSPS) is 18.8. The highest BCUT2D eigenvalue weighted by molar-refractivity contribution is 9.10. The smallest absolute Gasteiger partial charge is 0.293 e. The number of rotatable bonds is 5. The lowest BCUT2D eigenvalue weighted by molar-refractivity contribution is -0.384. The molecule has 1 atom stereocenters. The van der Waals surface area contributed by atoms with Crippen LogP contribution >= 0.6 is 15.9 Å². The van der Waals surface area contributed by atoms with Crippen LogP contribution in [0.3, 0.4) is 0 Å². The molecule has 0 radical (unpaired) electrons. The molecule has 0 bridgehead atoms. The Bertz CT molecular complexity index is 433. The molecule has 0 aromatic heterocycles. The van der Waals surface area contributed by atoms with Gasteiger partial charge in [0.05, 0.1) is 4.92 Å². The summed E-state index contributed by atoms with van der Waals surface area (Å²) in [4.78, 5) is 10.6. The minimum absolute atomic E-state index is 0.115. The highest BCUT2D eigenvalue weighted by atomic mass is 79.9. The van der Waals surface area contributed by atoms with Crippen molar-refractivity contribution in [2.24, 2.45) is 0 Å². The van der Waals surface area contributed by atoms with Crippen LogP contribution in [0.1, 0.15) is 19.3 Å². The van der Waals surface area contributed by atoms with Crippen LogP contribution < -0.4 is 10.6 Å². The van der Waals surface area contributed by atoms with Crippen molar-refractivity contribution < 1.29 is 4.92 Å². The van der Waals surface area contributed by atoms with E-state index in [-0.39, 0.29) is 10.6 Å². The van der Waals surface area contributed by atoms with Crippen molar-refractivity contribution in [2.75, 3.05) is 18.4 Å². The Labute approximate surface area is 114 Å². The van der Waals surface area contributed by atoms with E-state index in [0.717, 1.165) is 24.0 Å². The van der Waals surface area contributed by atoms with Gasteiger partial charge in [0.25, 0.3) is 5.69 Å². The summed E-state index contributed by atoms with van der Waals surface area (Å²) >= 11 is 3.24. The molecule has 5 nitrogen and oxygen atoms in total. The average Bonchev–Trinajstić information content (AvgIpc) is 2.84. The third-order valence-corrected chi connectivity index (χ3v) is 3.62. The van der Waals surface area contributed by atoms with Crippen LogP contribution in [0, 0.1) is 10.1 Å². The Morgan fingerprint density at radius 2 is 2.39 bits per heavy atom. The minimum atomic E-state index is -0.360. The number of hydrogen-bond acceptors (Lipinski definition) is 4. The van der Waals surface area contributed by atoms with Crippen LogP contribution in [-0.2, 0) is 0 Å². The molecule has 1 aromatic rings. The van der Waals surface area contributed by atoms with Gasteiger partial charge in [-0.15, -0.1) is 0 Å². The number of nitro benzene ring substituents is 1. The summed E-state index contributed by atoms with van der Waals surface area (Å²) in [5.74, 6) is 0. The lowest BCUT2D eigenvalue weighted by Gasteiger charge is -2.11. The molecule has 1 fully saturated rings. The topological polar surface area (TPSA) is 67.2 Å². The predicted octanol–water partition coefficient (Wildman–Crippen LogP) is 2.91. The average molecular weight is 314 g/mol. The van der Waals surface area contributed by atoms with Crippen LogP contribution in [-0.4, -0.2) is 24.1 Å². The predicted molar refractivity (Wildman–Crippen MR) is 74.9 cm³/mol. The van der Waals surface area contributed by atoms with Gasteiger partial charge < -0.3 is 10.6 Å². The fourth-order valence-corrected chi connectivity index (χ4v) is 2.54. The van der Waals surface area contributed by atoms with Crippen molar-refractivity contribution in [3.05, 3.63) is 32.8 Å². The van der Waals surface area contributed by atoms with E-state index in [0.29, 0.717) is 11.7 Å². The van der Waals surface area contributed by atoms with E-state index in [9.17, 15) is 10.1 Å². The zero-order chi connectivity index (χ0) is 13.0. The molecule has 0 spiro atoms. The number of hydrogen-bond donors (Lipinski definition) is 2. The summed E-state index contributed by atoms with van der Waals surface area (Å²) < 4.78 is 0.720. The van der Waals surface area contributed by atoms with Gasteiger partial charge in [-0.3, -0.25) is 10.1 Å². The molecule has 0 aliphatic carbocycles. The summed E-state index contributed by atoms with van der Waals surface area (Å²) in [6.07, 6.45) is 3.42. The maximum absolute atomic E-state index is 10.9. The van der Waals surface area contributed by atoms with Crippen LogP contribution in [0.4, 0.5) is 11.4 Å². The maximum atomic E-state index is 10.9. The molecule has 1 heterocycles. The quantitative estimate of drug-likeness (QED) is 0.648. The van der Waals surface area contributed by atoms with Crippen molar-refractivity contribution >= 4 is 27.3 Å². The summed E-state index contributed by atoms with van der Waals surface area (Å²) in [6.45, 7) is 1.84. The standard InChI is InChI=1S/C12H16BrN3O2/c13-9-3-4-11(12(8-9)16(17)18)15-7-5-10-2-1-6-14-10/h3-4,8,10,14-15H,1-2,5-7H2/t10-/m1/s1. The third kappa shape index (κ3) is 3.43. The molecule has 18 heavy (non-hydrogen) atoms. The van der Waals surface area contributed by atoms with Crippen molar-refractivity contribution in [1.29, 1.82) is 0 Å². The van der Waals surface area contributed by atoms with E-state index in [2.05, 4.69) is 26.6 Å². The highest BCUT2D eigenvalue weighted by Crippen LogP contribution is 2.28. The largest absolute Gasteiger partial charge is 0.379 e. The monoisotopic (exact) mass is 313 g/mol. The molecule has 0 saturated carbocycles. The summed E-state index contributed by atoms with van der Waals surface area (Å²) in [5, 5.41) is 17.5. The first kappa shape index (κ1) is 13.3. The van der Waals surface area contributed by atoms with Gasteiger partial charge in [-0.2, -0.15) is 0 Å². The summed E-state index contributed by atoms with van der Waals surface area (Å²) in [5.41, 5.74) is 0.699. The molecule has 1 aliphatic heterocycles. The second-order valence-electron chi connectivity index (χ2n) is 4.43. The van der Waals surface area contributed by atoms with E-state index in [1.165, 1.54) is 18.9 Å². The zero-order valence-electron chi connectivity index (χ0n) is 9.99. The first-order chi connectivity index (χ1) is 8.66. The van der Waals surface area contributed by atoms with E-state index >= 15 is 0 Å². The third-order valence-electron chi connectivity index (χ3n) is 3.13. The SMILES string of the molecule is O=[N+]([O-])c1cc(Br)ccc1NCC[C@H]1CCCN1. The molecule has 0 amide bonds. The van der Waals surface area contributed by atoms with E-state index < -0.39 is 0 Å². The fraction of sp³-hybridized carbons (Fsp3) is 0.500. The van der Waals surface area contributed by atoms with Gasteiger partial charge in [0.15, 0.2) is 0 Å². The van der Waals surface area contributed by atoms with E-state index in [1.807, 2.05) is 6.07 Å². The van der Waals surface area contributed by atoms with Gasteiger partial charge in [0, 0.05) is 23.1 Å². The zero-order valence-corrected chi connectivity index (χ0v) is 11.6. The van der Waals surface area contributed by atoms with E-state index in [1.54, 1.807) is 6.07 Å². The Hall–Kier alpha value is -1.14. The summed E-state index contributed by atoms with van der Waals surface area (Å²) in [6, 6.07) is 5.62. The first-order valence-electron chi connectivity index (χ1n) is 6.08. The number of anilines is 1. The van der Waals surface area contributed by atoms with Gasteiger partial charge in [-0.25, -0.2) is 0 Å². The van der Waals surface area contributed by atoms with Crippen molar-refractivity contribution in [1.82, 2.24) is 5.32 Å². The Morgan fingerprint density at radius 1 is 1.56 bits per heavy atom. The second-order valence-corrected chi connectivity index (χ2v) is 5.34. The highest BCUT2D eigenvalue weighted by Gasteiger charge is 2.16. The van der Waals surface area contributed by atoms with Gasteiger partial charge in [0.1, 0.15) is 5.69 Å². The second kappa shape index (κ2) is 6.15. The Morgan fingerprint density at radius 3 is 3.06 bits per heavy atom. The molecule has 2 N–H and O–H groups in total. The maximum Gasteiger partial charge on any atom is 0.293 e. The number of halogens is 1. The lowest BCUT2D eigenvalue weighted by atomic mass is 10.1. The molecule has 98 valence electrons. The molecular formula is C12H16BrN3O2. The van der Waals surface area contributed by atoms with E-state index in [4.69, 9.17) is 0 Å². The fourth-order valence-electron chi connectivity index (χ4n) is 2.19. The first-order valence-corrected chi connectivity index (χ1v) is 6.87. The van der Waals surface area contributed by atoms with Crippen molar-refractivity contribution in [3.8, 4) is 0 Å². The van der Waals surface area contributed by atoms with Crippen molar-refractivity contribution in [2.45, 2.75) is 25.3 Å². The van der Waals surface area contributed by atoms with Gasteiger partial charge in [0.2, 0.25) is 0 Å². The molecule has 0 unspecified atom stereocenters. The van der Waals surface area contributed by atoms with Crippen LogP contribution in [0.15, 0.2) is 22.7 Å². The molecule has 1 saturated heterocycles. The Kier molecular flexibility index (Phi) is 4.54. The number of benzene rings is 1. The van der Waals surface area contributed by atoms with Gasteiger partial charge in [-0.1, -0.05) is 15.9 Å². The number of nitro groups is 1. The molecule has 1 aliphatic rings. The molecule has 1 aromatic carbocycles. The van der Waals surface area contributed by atoms with Crippen LogP contribution in [0.5, 0.6) is 0 Å². The van der Waals surface area contributed by atoms with Crippen molar-refractivity contribution in [3.63, 3.8) is 0 Å². The molecule has 6 heteroatoms. The molecular weight excluding hydrogens is 298 g/mol. The van der Waals surface area contributed by atoms with Crippen LogP contribution in [0.25, 0.3) is 0 Å². The number of nitrogens with one attached hydrogen (secondary N) is 2. The lowest BCUT2D eigenvalue weighted by Crippen LogP contribution is -2.24.